The Morgan fingerprint density at radius 3 is 2.69 bits per heavy atom. The number of likely N-dealkylation sites (N-methyl/N-ethyl adjacent to an activating group) is 1. The van der Waals surface area contributed by atoms with Crippen molar-refractivity contribution < 1.29 is 0 Å². The minimum Gasteiger partial charge on any atom is -0.347 e. The molecule has 3 heterocycles. The summed E-state index contributed by atoms with van der Waals surface area (Å²) in [7, 11) is 4.44. The van der Waals surface area contributed by atoms with Crippen LogP contribution >= 0.6 is 0 Å². The summed E-state index contributed by atoms with van der Waals surface area (Å²) in [6.45, 7) is 8.48. The van der Waals surface area contributed by atoms with Crippen LogP contribution in [0.25, 0.3) is 16.5 Å². The number of hydrogen-bond acceptors (Lipinski definition) is 2. The van der Waals surface area contributed by atoms with E-state index in [1.807, 2.05) is 13.1 Å². The standard InChI is InChI=1S/C23H27N3/c1-15-6-9-22-20(10-15)21-14-25(4)13-19(23(21)26(22)5)11-16(2)18-8-7-17(3)24-12-18/h6-12,19H,13-14H2,1-5H3/b16-11+. The van der Waals surface area contributed by atoms with Gasteiger partial charge in [-0.3, -0.25) is 4.98 Å². The van der Waals surface area contributed by atoms with Gasteiger partial charge in [0.25, 0.3) is 0 Å². The smallest absolute Gasteiger partial charge is 0.0483 e. The van der Waals surface area contributed by atoms with E-state index in [1.54, 1.807) is 0 Å². The van der Waals surface area contributed by atoms with Crippen LogP contribution in [0.2, 0.25) is 0 Å². The highest BCUT2D eigenvalue weighted by Gasteiger charge is 2.28. The lowest BCUT2D eigenvalue weighted by molar-refractivity contribution is 0.295. The SMILES string of the molecule is C/C(=C\C1CN(C)Cc2c1n(C)c1ccc(C)cc21)c1ccc(C)nc1. The number of nitrogens with zero attached hydrogens (tertiary/aromatic N) is 3. The third-order valence-electron chi connectivity index (χ3n) is 5.61. The molecule has 1 aliphatic rings. The van der Waals surface area contributed by atoms with Crippen molar-refractivity contribution in [2.75, 3.05) is 13.6 Å². The molecule has 0 saturated carbocycles. The van der Waals surface area contributed by atoms with Gasteiger partial charge >= 0.3 is 0 Å². The van der Waals surface area contributed by atoms with E-state index < -0.39 is 0 Å². The lowest BCUT2D eigenvalue weighted by atomic mass is 9.92. The summed E-state index contributed by atoms with van der Waals surface area (Å²) in [6, 6.07) is 11.1. The zero-order valence-electron chi connectivity index (χ0n) is 16.4. The molecule has 1 aromatic carbocycles. The van der Waals surface area contributed by atoms with Gasteiger partial charge in [0.05, 0.1) is 0 Å². The molecule has 0 saturated heterocycles. The van der Waals surface area contributed by atoms with Gasteiger partial charge < -0.3 is 9.47 Å². The third-order valence-corrected chi connectivity index (χ3v) is 5.61. The molecule has 1 aliphatic heterocycles. The summed E-state index contributed by atoms with van der Waals surface area (Å²) >= 11 is 0. The summed E-state index contributed by atoms with van der Waals surface area (Å²) < 4.78 is 2.40. The average molecular weight is 345 g/mol. The van der Waals surface area contributed by atoms with E-state index in [0.717, 1.165) is 18.8 Å². The molecule has 4 rings (SSSR count). The van der Waals surface area contributed by atoms with Crippen LogP contribution in [-0.4, -0.2) is 28.0 Å². The first kappa shape index (κ1) is 17.0. The zero-order valence-corrected chi connectivity index (χ0v) is 16.4. The Labute approximate surface area is 156 Å². The summed E-state index contributed by atoms with van der Waals surface area (Å²) in [5.74, 6) is 0.391. The minimum absolute atomic E-state index is 0.391. The quantitative estimate of drug-likeness (QED) is 0.664. The maximum absolute atomic E-state index is 4.46. The van der Waals surface area contributed by atoms with Crippen LogP contribution in [0.15, 0.2) is 42.6 Å². The van der Waals surface area contributed by atoms with Crippen molar-refractivity contribution in [3.05, 3.63) is 70.7 Å². The second-order valence-corrected chi connectivity index (χ2v) is 7.78. The summed E-state index contributed by atoms with van der Waals surface area (Å²) in [5, 5.41) is 1.40. The molecule has 0 radical (unpaired) electrons. The maximum Gasteiger partial charge on any atom is 0.0483 e. The van der Waals surface area contributed by atoms with Crippen LogP contribution in [-0.2, 0) is 13.6 Å². The summed E-state index contributed by atoms with van der Waals surface area (Å²) in [6.07, 6.45) is 4.41. The number of aryl methyl sites for hydroxylation is 3. The van der Waals surface area contributed by atoms with Crippen molar-refractivity contribution in [2.45, 2.75) is 33.2 Å². The molecule has 1 unspecified atom stereocenters. The molecule has 0 fully saturated rings. The summed E-state index contributed by atoms with van der Waals surface area (Å²) in [5.41, 5.74) is 9.17. The average Bonchev–Trinajstić information content (AvgIpc) is 2.87. The van der Waals surface area contributed by atoms with E-state index in [-0.39, 0.29) is 0 Å². The summed E-state index contributed by atoms with van der Waals surface area (Å²) in [4.78, 5) is 6.89. The number of rotatable bonds is 2. The number of aromatic nitrogens is 2. The topological polar surface area (TPSA) is 21.1 Å². The second-order valence-electron chi connectivity index (χ2n) is 7.78. The fourth-order valence-corrected chi connectivity index (χ4v) is 4.28. The number of fused-ring (bicyclic) bond motifs is 3. The minimum atomic E-state index is 0.391. The van der Waals surface area contributed by atoms with Crippen LogP contribution in [0.1, 0.15) is 40.9 Å². The normalized spacial score (nSPS) is 18.3. The molecule has 0 N–H and O–H groups in total. The third kappa shape index (κ3) is 2.86. The largest absolute Gasteiger partial charge is 0.347 e. The molecular weight excluding hydrogens is 318 g/mol. The number of benzene rings is 1. The van der Waals surface area contributed by atoms with Gasteiger partial charge in [0.15, 0.2) is 0 Å². The Kier molecular flexibility index (Phi) is 4.20. The Hall–Kier alpha value is -2.39. The van der Waals surface area contributed by atoms with E-state index in [4.69, 9.17) is 0 Å². The zero-order chi connectivity index (χ0) is 18.4. The van der Waals surface area contributed by atoms with Crippen molar-refractivity contribution in [3.8, 4) is 0 Å². The molecule has 3 nitrogen and oxygen atoms in total. The van der Waals surface area contributed by atoms with Gasteiger partial charge in [-0.05, 0) is 62.7 Å². The molecule has 1 atom stereocenters. The lowest BCUT2D eigenvalue weighted by Gasteiger charge is -2.30. The van der Waals surface area contributed by atoms with Crippen molar-refractivity contribution in [1.82, 2.24) is 14.5 Å². The van der Waals surface area contributed by atoms with Crippen LogP contribution in [0.5, 0.6) is 0 Å². The highest BCUT2D eigenvalue weighted by atomic mass is 15.1. The number of allylic oxidation sites excluding steroid dienone is 1. The fourth-order valence-electron chi connectivity index (χ4n) is 4.28. The van der Waals surface area contributed by atoms with Crippen molar-refractivity contribution in [3.63, 3.8) is 0 Å². The molecule has 3 aromatic rings. The van der Waals surface area contributed by atoms with Gasteiger partial charge in [0.2, 0.25) is 0 Å². The van der Waals surface area contributed by atoms with Crippen molar-refractivity contribution in [2.24, 2.45) is 7.05 Å². The predicted octanol–water partition coefficient (Wildman–Crippen LogP) is 4.82. The van der Waals surface area contributed by atoms with Gasteiger partial charge in [0.1, 0.15) is 0 Å². The first-order valence-corrected chi connectivity index (χ1v) is 9.32. The molecule has 134 valence electrons. The van der Waals surface area contributed by atoms with E-state index in [0.29, 0.717) is 5.92 Å². The molecule has 0 bridgehead atoms. The maximum atomic E-state index is 4.46. The number of hydrogen-bond donors (Lipinski definition) is 0. The Morgan fingerprint density at radius 1 is 1.15 bits per heavy atom. The Bertz CT molecular complexity index is 992. The Morgan fingerprint density at radius 2 is 1.96 bits per heavy atom. The molecule has 3 heteroatoms. The van der Waals surface area contributed by atoms with Gasteiger partial charge in [-0.25, -0.2) is 0 Å². The van der Waals surface area contributed by atoms with Gasteiger partial charge in [-0.2, -0.15) is 0 Å². The molecule has 26 heavy (non-hydrogen) atoms. The molecule has 2 aromatic heterocycles. The number of pyridine rings is 1. The highest BCUT2D eigenvalue weighted by Crippen LogP contribution is 2.37. The highest BCUT2D eigenvalue weighted by molar-refractivity contribution is 5.87. The Balaban J connectivity index is 1.83. The molecule has 0 amide bonds. The van der Waals surface area contributed by atoms with Crippen LogP contribution in [0.4, 0.5) is 0 Å². The molecule has 0 aliphatic carbocycles. The molecule has 0 spiro atoms. The monoisotopic (exact) mass is 345 g/mol. The predicted molar refractivity (Wildman–Crippen MR) is 109 cm³/mol. The first-order valence-electron chi connectivity index (χ1n) is 9.32. The van der Waals surface area contributed by atoms with Crippen LogP contribution < -0.4 is 0 Å². The van der Waals surface area contributed by atoms with Crippen molar-refractivity contribution >= 4 is 16.5 Å². The van der Waals surface area contributed by atoms with E-state index >= 15 is 0 Å². The van der Waals surface area contributed by atoms with Crippen molar-refractivity contribution in [1.29, 1.82) is 0 Å². The van der Waals surface area contributed by atoms with Gasteiger partial charge in [-0.15, -0.1) is 0 Å². The fraction of sp³-hybridized carbons (Fsp3) is 0.348. The van der Waals surface area contributed by atoms with E-state index in [1.165, 1.54) is 38.9 Å². The second kappa shape index (κ2) is 6.40. The van der Waals surface area contributed by atoms with Crippen LogP contribution in [0.3, 0.4) is 0 Å². The van der Waals surface area contributed by atoms with E-state index in [9.17, 15) is 0 Å². The lowest BCUT2D eigenvalue weighted by Crippen LogP contribution is -2.30. The van der Waals surface area contributed by atoms with E-state index in [2.05, 4.69) is 78.8 Å². The molecular formula is C23H27N3. The van der Waals surface area contributed by atoms with Gasteiger partial charge in [0, 0.05) is 54.5 Å². The first-order chi connectivity index (χ1) is 12.4. The van der Waals surface area contributed by atoms with Crippen LogP contribution in [0, 0.1) is 13.8 Å². The van der Waals surface area contributed by atoms with Gasteiger partial charge in [-0.1, -0.05) is 23.8 Å².